The van der Waals surface area contributed by atoms with E-state index in [1.807, 2.05) is 0 Å². The zero-order chi connectivity index (χ0) is 10.8. The summed E-state index contributed by atoms with van der Waals surface area (Å²) in [7, 11) is 0. The molecular weight excluding hydrogens is 197 g/mol. The molecule has 0 atom stereocenters. The van der Waals surface area contributed by atoms with Gasteiger partial charge in [0.05, 0.1) is 11.4 Å². The Labute approximate surface area is 85.3 Å². The molecule has 1 heterocycles. The highest BCUT2D eigenvalue weighted by atomic mass is 19.1. The van der Waals surface area contributed by atoms with E-state index in [0.29, 0.717) is 23.4 Å². The van der Waals surface area contributed by atoms with Crippen molar-refractivity contribution in [2.75, 3.05) is 0 Å². The molecular formula is C10H8FN3O. The Balaban J connectivity index is 2.49. The molecule has 0 N–H and O–H groups in total. The van der Waals surface area contributed by atoms with Crippen molar-refractivity contribution in [1.29, 1.82) is 0 Å². The number of rotatable bonds is 2. The molecule has 0 aliphatic rings. The monoisotopic (exact) mass is 205 g/mol. The summed E-state index contributed by atoms with van der Waals surface area (Å²) in [6, 6.07) is 5.81. The van der Waals surface area contributed by atoms with Gasteiger partial charge in [-0.2, -0.15) is 0 Å². The molecule has 0 saturated carbocycles. The molecule has 15 heavy (non-hydrogen) atoms. The van der Waals surface area contributed by atoms with Gasteiger partial charge in [0, 0.05) is 0 Å². The van der Waals surface area contributed by atoms with Crippen molar-refractivity contribution in [3.63, 3.8) is 0 Å². The molecule has 0 aliphatic heterocycles. The minimum atomic E-state index is -0.313. The second kappa shape index (κ2) is 3.61. The van der Waals surface area contributed by atoms with Crippen LogP contribution in [0.1, 0.15) is 16.2 Å². The summed E-state index contributed by atoms with van der Waals surface area (Å²) in [6.07, 6.45) is 0.641. The fraction of sp³-hybridized carbons (Fsp3) is 0.100. The van der Waals surface area contributed by atoms with Crippen LogP contribution in [0.15, 0.2) is 24.3 Å². The number of hydrogen-bond donors (Lipinski definition) is 0. The summed E-state index contributed by atoms with van der Waals surface area (Å²) >= 11 is 0. The van der Waals surface area contributed by atoms with Gasteiger partial charge in [0.2, 0.25) is 0 Å². The molecule has 0 unspecified atom stereocenters. The van der Waals surface area contributed by atoms with E-state index in [1.54, 1.807) is 19.1 Å². The molecule has 0 bridgehead atoms. The predicted molar refractivity (Wildman–Crippen MR) is 51.4 cm³/mol. The number of halogens is 1. The van der Waals surface area contributed by atoms with Gasteiger partial charge in [-0.05, 0) is 31.2 Å². The smallest absolute Gasteiger partial charge is 0.172 e. The maximum absolute atomic E-state index is 12.7. The van der Waals surface area contributed by atoms with Crippen LogP contribution >= 0.6 is 0 Å². The first kappa shape index (κ1) is 9.51. The zero-order valence-corrected chi connectivity index (χ0v) is 8.01. The van der Waals surface area contributed by atoms with Gasteiger partial charge in [-0.15, -0.1) is 5.10 Å². The van der Waals surface area contributed by atoms with Gasteiger partial charge in [-0.1, -0.05) is 5.21 Å². The molecule has 1 aromatic heterocycles. The van der Waals surface area contributed by atoms with Gasteiger partial charge in [0.1, 0.15) is 11.5 Å². The predicted octanol–water partition coefficient (Wildman–Crippen LogP) is 1.53. The van der Waals surface area contributed by atoms with Crippen LogP contribution in [0, 0.1) is 12.7 Å². The van der Waals surface area contributed by atoms with Crippen LogP contribution in [0.25, 0.3) is 5.69 Å². The maximum Gasteiger partial charge on any atom is 0.172 e. The Hall–Kier alpha value is -2.04. The number of aldehydes is 1. The highest BCUT2D eigenvalue weighted by Crippen LogP contribution is 2.11. The molecule has 1 aromatic carbocycles. The van der Waals surface area contributed by atoms with Crippen LogP contribution in [0.5, 0.6) is 0 Å². The lowest BCUT2D eigenvalue weighted by atomic mass is 10.3. The molecule has 0 amide bonds. The Morgan fingerprint density at radius 2 is 2.00 bits per heavy atom. The van der Waals surface area contributed by atoms with E-state index in [0.717, 1.165) is 0 Å². The highest BCUT2D eigenvalue weighted by Gasteiger charge is 2.08. The first-order chi connectivity index (χ1) is 7.22. The van der Waals surface area contributed by atoms with Crippen molar-refractivity contribution in [3.05, 3.63) is 41.5 Å². The molecule has 0 radical (unpaired) electrons. The van der Waals surface area contributed by atoms with E-state index in [9.17, 15) is 9.18 Å². The van der Waals surface area contributed by atoms with E-state index in [-0.39, 0.29) is 5.82 Å². The van der Waals surface area contributed by atoms with E-state index in [1.165, 1.54) is 16.8 Å². The van der Waals surface area contributed by atoms with E-state index < -0.39 is 0 Å². The van der Waals surface area contributed by atoms with E-state index in [2.05, 4.69) is 10.3 Å². The van der Waals surface area contributed by atoms with Crippen LogP contribution in [0.3, 0.4) is 0 Å². The maximum atomic E-state index is 12.7. The largest absolute Gasteiger partial charge is 0.296 e. The van der Waals surface area contributed by atoms with Crippen molar-refractivity contribution in [3.8, 4) is 5.69 Å². The number of benzene rings is 1. The summed E-state index contributed by atoms with van der Waals surface area (Å²) in [5.74, 6) is -0.313. The normalized spacial score (nSPS) is 10.3. The third kappa shape index (κ3) is 1.63. The second-order valence-electron chi connectivity index (χ2n) is 3.07. The number of nitrogens with zero attached hydrogens (tertiary/aromatic N) is 3. The SMILES string of the molecule is Cc1c(C=O)nnn1-c1ccc(F)cc1. The molecule has 2 rings (SSSR count). The van der Waals surface area contributed by atoms with Crippen LogP contribution in [0.4, 0.5) is 4.39 Å². The third-order valence-electron chi connectivity index (χ3n) is 2.11. The van der Waals surface area contributed by atoms with Crippen molar-refractivity contribution in [2.45, 2.75) is 6.92 Å². The molecule has 5 heteroatoms. The van der Waals surface area contributed by atoms with Gasteiger partial charge in [-0.3, -0.25) is 4.79 Å². The van der Waals surface area contributed by atoms with Gasteiger partial charge >= 0.3 is 0 Å². The van der Waals surface area contributed by atoms with Crippen LogP contribution in [0.2, 0.25) is 0 Å². The van der Waals surface area contributed by atoms with Crippen molar-refractivity contribution in [1.82, 2.24) is 15.0 Å². The van der Waals surface area contributed by atoms with Crippen molar-refractivity contribution in [2.24, 2.45) is 0 Å². The minimum Gasteiger partial charge on any atom is -0.296 e. The third-order valence-corrected chi connectivity index (χ3v) is 2.11. The summed E-state index contributed by atoms with van der Waals surface area (Å²) in [5, 5.41) is 7.48. The van der Waals surface area contributed by atoms with Crippen molar-refractivity contribution >= 4 is 6.29 Å². The van der Waals surface area contributed by atoms with Crippen LogP contribution in [-0.4, -0.2) is 21.3 Å². The Morgan fingerprint density at radius 1 is 1.33 bits per heavy atom. The molecule has 76 valence electrons. The average Bonchev–Trinajstić information content (AvgIpc) is 2.61. The summed E-state index contributed by atoms with van der Waals surface area (Å²) in [4.78, 5) is 10.6. The van der Waals surface area contributed by atoms with E-state index in [4.69, 9.17) is 0 Å². The number of carbonyl (C=O) groups is 1. The first-order valence-corrected chi connectivity index (χ1v) is 4.36. The first-order valence-electron chi connectivity index (χ1n) is 4.36. The van der Waals surface area contributed by atoms with Gasteiger partial charge < -0.3 is 0 Å². The lowest BCUT2D eigenvalue weighted by Gasteiger charge is -2.01. The van der Waals surface area contributed by atoms with Gasteiger partial charge in [0.15, 0.2) is 6.29 Å². The lowest BCUT2D eigenvalue weighted by Crippen LogP contribution is -1.99. The molecule has 4 nitrogen and oxygen atoms in total. The summed E-state index contributed by atoms with van der Waals surface area (Å²) in [6.45, 7) is 1.73. The summed E-state index contributed by atoms with van der Waals surface area (Å²) < 4.78 is 14.2. The molecule has 2 aromatic rings. The average molecular weight is 205 g/mol. The molecule has 0 saturated heterocycles. The second-order valence-corrected chi connectivity index (χ2v) is 3.07. The standard InChI is InChI=1S/C10H8FN3O/c1-7-10(6-15)12-13-14(7)9-4-2-8(11)3-5-9/h2-6H,1H3. The zero-order valence-electron chi connectivity index (χ0n) is 8.01. The topological polar surface area (TPSA) is 47.8 Å². The number of carbonyl (C=O) groups excluding carboxylic acids is 1. The fourth-order valence-electron chi connectivity index (χ4n) is 1.28. The molecule has 0 spiro atoms. The molecule has 0 fully saturated rings. The lowest BCUT2D eigenvalue weighted by molar-refractivity contribution is 0.111. The minimum absolute atomic E-state index is 0.291. The Kier molecular flexibility index (Phi) is 2.29. The summed E-state index contributed by atoms with van der Waals surface area (Å²) in [5.41, 5.74) is 1.60. The fourth-order valence-corrected chi connectivity index (χ4v) is 1.28. The Morgan fingerprint density at radius 3 is 2.53 bits per heavy atom. The van der Waals surface area contributed by atoms with Gasteiger partial charge in [-0.25, -0.2) is 9.07 Å². The number of aromatic nitrogens is 3. The van der Waals surface area contributed by atoms with Gasteiger partial charge in [0.25, 0.3) is 0 Å². The van der Waals surface area contributed by atoms with Crippen LogP contribution in [-0.2, 0) is 0 Å². The highest BCUT2D eigenvalue weighted by molar-refractivity contribution is 5.73. The molecule has 0 aliphatic carbocycles. The number of hydrogen-bond acceptors (Lipinski definition) is 3. The van der Waals surface area contributed by atoms with Crippen molar-refractivity contribution < 1.29 is 9.18 Å². The van der Waals surface area contributed by atoms with Crippen LogP contribution < -0.4 is 0 Å². The quantitative estimate of drug-likeness (QED) is 0.698. The van der Waals surface area contributed by atoms with E-state index >= 15 is 0 Å². The Bertz CT molecular complexity index is 490.